The van der Waals surface area contributed by atoms with Crippen LogP contribution in [-0.4, -0.2) is 47.8 Å². The highest BCUT2D eigenvalue weighted by Crippen LogP contribution is 2.20. The smallest absolute Gasteiger partial charge is 0.0558 e. The van der Waals surface area contributed by atoms with Gasteiger partial charge in [0.15, 0.2) is 0 Å². The maximum absolute atomic E-state index is 8.69. The zero-order valence-corrected chi connectivity index (χ0v) is 7.94. The van der Waals surface area contributed by atoms with E-state index in [0.29, 0.717) is 6.61 Å². The van der Waals surface area contributed by atoms with Gasteiger partial charge in [0.2, 0.25) is 0 Å². The normalized spacial score (nSPS) is 22.4. The van der Waals surface area contributed by atoms with Gasteiger partial charge in [-0.15, -0.1) is 0 Å². The first-order chi connectivity index (χ1) is 5.36. The molecule has 0 spiro atoms. The Bertz CT molecular complexity index is 102. The van der Waals surface area contributed by atoms with Gasteiger partial charge < -0.3 is 10.0 Å². The number of nitrogens with zero attached hydrogens (tertiary/aromatic N) is 1. The first-order valence-corrected chi connectivity index (χ1v) is 5.51. The summed E-state index contributed by atoms with van der Waals surface area (Å²) in [5.41, 5.74) is 0. The van der Waals surface area contributed by atoms with Crippen molar-refractivity contribution in [1.29, 1.82) is 0 Å². The number of aliphatic hydroxyl groups is 1. The number of β-amino-alcohol motifs (C(OH)–C–C–N with tert-alkyl or cyclic N) is 1. The summed E-state index contributed by atoms with van der Waals surface area (Å²) in [4.78, 5) is 2.34. The molecule has 0 aromatic carbocycles. The fraction of sp³-hybridized carbons (Fsp3) is 1.00. The maximum Gasteiger partial charge on any atom is 0.0558 e. The fourth-order valence-corrected chi connectivity index (χ4v) is 2.19. The molecule has 1 aliphatic rings. The standard InChI is InChI=1S/C8H17NOS/c1-11-8-2-4-9(5-3-8)6-7-10/h8,10H,2-7H2,1H3. The Morgan fingerprint density at radius 1 is 1.45 bits per heavy atom. The van der Waals surface area contributed by atoms with E-state index < -0.39 is 0 Å². The molecule has 11 heavy (non-hydrogen) atoms. The number of hydrogen-bond donors (Lipinski definition) is 1. The fourth-order valence-electron chi connectivity index (χ4n) is 1.51. The Kier molecular flexibility index (Phi) is 4.26. The molecule has 1 rings (SSSR count). The molecule has 0 aromatic heterocycles. The van der Waals surface area contributed by atoms with Crippen molar-refractivity contribution in [2.75, 3.05) is 32.5 Å². The molecule has 2 nitrogen and oxygen atoms in total. The van der Waals surface area contributed by atoms with E-state index >= 15 is 0 Å². The molecule has 0 radical (unpaired) electrons. The molecule has 0 saturated carbocycles. The predicted octanol–water partition coefficient (Wildman–Crippen LogP) is 0.806. The lowest BCUT2D eigenvalue weighted by Crippen LogP contribution is -2.36. The van der Waals surface area contributed by atoms with Crippen LogP contribution in [0.5, 0.6) is 0 Å². The molecular formula is C8H17NOS. The van der Waals surface area contributed by atoms with E-state index in [1.165, 1.54) is 25.9 Å². The van der Waals surface area contributed by atoms with Crippen molar-refractivity contribution in [1.82, 2.24) is 4.90 Å². The molecule has 1 fully saturated rings. The summed E-state index contributed by atoms with van der Waals surface area (Å²) in [7, 11) is 0. The maximum atomic E-state index is 8.69. The Hall–Kier alpha value is 0.270. The number of aliphatic hydroxyl groups excluding tert-OH is 1. The van der Waals surface area contributed by atoms with Crippen LogP contribution in [0, 0.1) is 0 Å². The molecule has 1 heterocycles. The third kappa shape index (κ3) is 3.01. The van der Waals surface area contributed by atoms with Crippen LogP contribution in [0.4, 0.5) is 0 Å². The van der Waals surface area contributed by atoms with E-state index in [1.54, 1.807) is 0 Å². The first kappa shape index (κ1) is 9.36. The second kappa shape index (κ2) is 5.01. The Balaban J connectivity index is 2.14. The van der Waals surface area contributed by atoms with Gasteiger partial charge in [-0.05, 0) is 32.2 Å². The lowest BCUT2D eigenvalue weighted by molar-refractivity contribution is 0.175. The molecular weight excluding hydrogens is 158 g/mol. The van der Waals surface area contributed by atoms with E-state index in [1.807, 2.05) is 11.8 Å². The summed E-state index contributed by atoms with van der Waals surface area (Å²) < 4.78 is 0. The summed E-state index contributed by atoms with van der Waals surface area (Å²) in [5.74, 6) is 0. The van der Waals surface area contributed by atoms with Gasteiger partial charge in [-0.2, -0.15) is 11.8 Å². The Morgan fingerprint density at radius 3 is 2.55 bits per heavy atom. The summed E-state index contributed by atoms with van der Waals surface area (Å²) >= 11 is 1.98. The van der Waals surface area contributed by atoms with Crippen LogP contribution in [0.3, 0.4) is 0 Å². The molecule has 0 atom stereocenters. The van der Waals surface area contributed by atoms with Crippen LogP contribution in [0.25, 0.3) is 0 Å². The minimum absolute atomic E-state index is 0.309. The third-order valence-electron chi connectivity index (χ3n) is 2.28. The van der Waals surface area contributed by atoms with Crippen LogP contribution in [-0.2, 0) is 0 Å². The summed E-state index contributed by atoms with van der Waals surface area (Å²) in [6.45, 7) is 3.52. The van der Waals surface area contributed by atoms with Gasteiger partial charge in [0, 0.05) is 11.8 Å². The third-order valence-corrected chi connectivity index (χ3v) is 3.42. The first-order valence-electron chi connectivity index (χ1n) is 4.23. The van der Waals surface area contributed by atoms with Gasteiger partial charge in [0.1, 0.15) is 0 Å². The van der Waals surface area contributed by atoms with Crippen LogP contribution in [0.2, 0.25) is 0 Å². The second-order valence-electron chi connectivity index (χ2n) is 3.00. The van der Waals surface area contributed by atoms with Crippen molar-refractivity contribution >= 4 is 11.8 Å². The molecule has 1 N–H and O–H groups in total. The van der Waals surface area contributed by atoms with Gasteiger partial charge in [-0.1, -0.05) is 0 Å². The van der Waals surface area contributed by atoms with Crippen molar-refractivity contribution in [2.24, 2.45) is 0 Å². The highest BCUT2D eigenvalue weighted by atomic mass is 32.2. The SMILES string of the molecule is CSC1CCN(CCO)CC1. The van der Waals surface area contributed by atoms with E-state index in [-0.39, 0.29) is 0 Å². The molecule has 0 aromatic rings. The molecule has 66 valence electrons. The van der Waals surface area contributed by atoms with Crippen LogP contribution in [0.1, 0.15) is 12.8 Å². The number of rotatable bonds is 3. The highest BCUT2D eigenvalue weighted by molar-refractivity contribution is 7.99. The highest BCUT2D eigenvalue weighted by Gasteiger charge is 2.16. The summed E-state index contributed by atoms with van der Waals surface area (Å²) in [6.07, 6.45) is 4.77. The monoisotopic (exact) mass is 175 g/mol. The average Bonchev–Trinajstić information content (AvgIpc) is 2.07. The average molecular weight is 175 g/mol. The largest absolute Gasteiger partial charge is 0.395 e. The zero-order valence-electron chi connectivity index (χ0n) is 7.12. The summed E-state index contributed by atoms with van der Waals surface area (Å²) in [5, 5.41) is 9.56. The van der Waals surface area contributed by atoms with Gasteiger partial charge in [-0.3, -0.25) is 0 Å². The molecule has 0 bridgehead atoms. The van der Waals surface area contributed by atoms with Crippen LogP contribution in [0.15, 0.2) is 0 Å². The van der Waals surface area contributed by atoms with Gasteiger partial charge >= 0.3 is 0 Å². The number of piperidine rings is 1. The quantitative estimate of drug-likeness (QED) is 0.686. The van der Waals surface area contributed by atoms with Gasteiger partial charge in [0.05, 0.1) is 6.61 Å². The van der Waals surface area contributed by atoms with Crippen LogP contribution >= 0.6 is 11.8 Å². The van der Waals surface area contributed by atoms with E-state index in [2.05, 4.69) is 11.2 Å². The molecule has 0 amide bonds. The summed E-state index contributed by atoms with van der Waals surface area (Å²) in [6, 6.07) is 0. The zero-order chi connectivity index (χ0) is 8.10. The minimum Gasteiger partial charge on any atom is -0.395 e. The molecule has 1 saturated heterocycles. The van der Waals surface area contributed by atoms with Crippen molar-refractivity contribution in [3.8, 4) is 0 Å². The Morgan fingerprint density at radius 2 is 2.09 bits per heavy atom. The second-order valence-corrected chi connectivity index (χ2v) is 4.14. The topological polar surface area (TPSA) is 23.5 Å². The predicted molar refractivity (Wildman–Crippen MR) is 50.1 cm³/mol. The van der Waals surface area contributed by atoms with Gasteiger partial charge in [-0.25, -0.2) is 0 Å². The van der Waals surface area contributed by atoms with Crippen molar-refractivity contribution < 1.29 is 5.11 Å². The van der Waals surface area contributed by atoms with E-state index in [9.17, 15) is 0 Å². The molecule has 0 aliphatic carbocycles. The molecule has 0 unspecified atom stereocenters. The number of thioether (sulfide) groups is 1. The van der Waals surface area contributed by atoms with Gasteiger partial charge in [0.25, 0.3) is 0 Å². The Labute approximate surface area is 73.0 Å². The number of hydrogen-bond acceptors (Lipinski definition) is 3. The lowest BCUT2D eigenvalue weighted by atomic mass is 10.1. The van der Waals surface area contributed by atoms with Crippen molar-refractivity contribution in [3.63, 3.8) is 0 Å². The van der Waals surface area contributed by atoms with E-state index in [4.69, 9.17) is 5.11 Å². The molecule has 1 aliphatic heterocycles. The van der Waals surface area contributed by atoms with Crippen molar-refractivity contribution in [2.45, 2.75) is 18.1 Å². The number of likely N-dealkylation sites (tertiary alicyclic amines) is 1. The molecule has 3 heteroatoms. The van der Waals surface area contributed by atoms with E-state index in [0.717, 1.165) is 11.8 Å². The van der Waals surface area contributed by atoms with Crippen molar-refractivity contribution in [3.05, 3.63) is 0 Å². The van der Waals surface area contributed by atoms with Crippen LogP contribution < -0.4 is 0 Å². The lowest BCUT2D eigenvalue weighted by Gasteiger charge is -2.30. The minimum atomic E-state index is 0.309.